The van der Waals surface area contributed by atoms with Crippen molar-refractivity contribution in [1.29, 1.82) is 0 Å². The van der Waals surface area contributed by atoms with Crippen molar-refractivity contribution < 1.29 is 27.4 Å². The largest absolute Gasteiger partial charge is 0.490 e. The van der Waals surface area contributed by atoms with Crippen LogP contribution in [0.1, 0.15) is 26.3 Å². The molecule has 2 N–H and O–H groups in total. The minimum absolute atomic E-state index is 0.286. The van der Waals surface area contributed by atoms with Crippen molar-refractivity contribution in [3.8, 4) is 11.5 Å². The first-order valence-electron chi connectivity index (χ1n) is 8.88. The van der Waals surface area contributed by atoms with E-state index in [2.05, 4.69) is 10.6 Å². The van der Waals surface area contributed by atoms with Gasteiger partial charge in [0.05, 0.1) is 18.8 Å². The Morgan fingerprint density at radius 3 is 2.11 bits per heavy atom. The normalized spacial score (nSPS) is 12.2. The third-order valence-electron chi connectivity index (χ3n) is 3.80. The Hall–Kier alpha value is -2.90. The molecule has 0 heterocycles. The summed E-state index contributed by atoms with van der Waals surface area (Å²) < 4.78 is 48.8. The summed E-state index contributed by atoms with van der Waals surface area (Å²) in [5.41, 5.74) is 0.171. The van der Waals surface area contributed by atoms with Gasteiger partial charge >= 0.3 is 6.18 Å². The van der Waals surface area contributed by atoms with Crippen molar-refractivity contribution in [2.45, 2.75) is 33.0 Å². The molecule has 0 radical (unpaired) electrons. The number of alkyl halides is 3. The Balaban J connectivity index is 2.02. The number of amides is 1. The van der Waals surface area contributed by atoms with Crippen LogP contribution in [0.3, 0.4) is 0 Å². The molecule has 2 aromatic carbocycles. The number of hydrogen-bond acceptors (Lipinski definition) is 4. The number of hydrogen-bond donors (Lipinski definition) is 2. The highest BCUT2D eigenvalue weighted by Crippen LogP contribution is 2.31. The Bertz CT molecular complexity index is 792. The van der Waals surface area contributed by atoms with Crippen molar-refractivity contribution in [3.63, 3.8) is 0 Å². The molecule has 152 valence electrons. The predicted octanol–water partition coefficient (Wildman–Crippen LogP) is 4.94. The Labute approximate surface area is 161 Å². The van der Waals surface area contributed by atoms with Crippen molar-refractivity contribution in [2.75, 3.05) is 23.8 Å². The van der Waals surface area contributed by atoms with Gasteiger partial charge in [-0.3, -0.25) is 4.79 Å². The molecule has 2 rings (SSSR count). The lowest BCUT2D eigenvalue weighted by Gasteiger charge is -2.17. The van der Waals surface area contributed by atoms with Gasteiger partial charge in [-0.1, -0.05) is 0 Å². The molecule has 0 saturated heterocycles. The lowest BCUT2D eigenvalue weighted by molar-refractivity contribution is -0.137. The minimum Gasteiger partial charge on any atom is -0.490 e. The number of ether oxygens (including phenoxy) is 2. The first kappa shape index (κ1) is 21.4. The average Bonchev–Trinajstić information content (AvgIpc) is 2.64. The first-order chi connectivity index (χ1) is 13.2. The van der Waals surface area contributed by atoms with E-state index in [9.17, 15) is 18.0 Å². The zero-order chi connectivity index (χ0) is 20.7. The summed E-state index contributed by atoms with van der Waals surface area (Å²) in [6.07, 6.45) is -4.41. The van der Waals surface area contributed by atoms with Gasteiger partial charge < -0.3 is 20.1 Å². The summed E-state index contributed by atoms with van der Waals surface area (Å²) in [6.45, 7) is 6.34. The van der Waals surface area contributed by atoms with E-state index in [1.807, 2.05) is 13.8 Å². The van der Waals surface area contributed by atoms with E-state index in [0.717, 1.165) is 12.1 Å². The second kappa shape index (κ2) is 9.34. The van der Waals surface area contributed by atoms with Crippen molar-refractivity contribution in [2.24, 2.45) is 0 Å². The van der Waals surface area contributed by atoms with Crippen molar-refractivity contribution in [1.82, 2.24) is 0 Å². The van der Waals surface area contributed by atoms with E-state index < -0.39 is 17.8 Å². The molecular formula is C20H23F3N2O3. The highest BCUT2D eigenvalue weighted by molar-refractivity contribution is 5.96. The van der Waals surface area contributed by atoms with E-state index in [1.54, 1.807) is 25.1 Å². The molecule has 0 aliphatic carbocycles. The monoisotopic (exact) mass is 396 g/mol. The van der Waals surface area contributed by atoms with Crippen LogP contribution < -0.4 is 20.1 Å². The average molecular weight is 396 g/mol. The molecule has 0 aliphatic heterocycles. The standard InChI is InChI=1S/C20H23F3N2O3/c1-4-27-17-11-10-16(12-18(17)28-5-2)24-13(3)19(26)25-15-8-6-14(7-9-15)20(21,22)23/h6-13,24H,4-5H2,1-3H3,(H,25,26)/t13-/m1/s1. The van der Waals surface area contributed by atoms with Gasteiger partial charge in [0.2, 0.25) is 5.91 Å². The van der Waals surface area contributed by atoms with Crippen LogP contribution in [0.15, 0.2) is 42.5 Å². The summed E-state index contributed by atoms with van der Waals surface area (Å²) in [7, 11) is 0. The molecule has 5 nitrogen and oxygen atoms in total. The van der Waals surface area contributed by atoms with E-state index in [0.29, 0.717) is 30.4 Å². The molecule has 1 atom stereocenters. The maximum absolute atomic E-state index is 12.6. The summed E-state index contributed by atoms with van der Waals surface area (Å²) in [6, 6.07) is 8.90. The number of benzene rings is 2. The molecule has 28 heavy (non-hydrogen) atoms. The van der Waals surface area contributed by atoms with Crippen LogP contribution in [0.5, 0.6) is 11.5 Å². The summed E-state index contributed by atoms with van der Waals surface area (Å²) in [5, 5.41) is 5.63. The first-order valence-corrected chi connectivity index (χ1v) is 8.88. The molecule has 0 aliphatic rings. The third kappa shape index (κ3) is 5.80. The fourth-order valence-corrected chi connectivity index (χ4v) is 2.45. The highest BCUT2D eigenvalue weighted by atomic mass is 19.4. The van der Waals surface area contributed by atoms with Crippen LogP contribution in [0.4, 0.5) is 24.5 Å². The molecule has 0 aromatic heterocycles. The smallest absolute Gasteiger partial charge is 0.416 e. The number of rotatable bonds is 8. The molecule has 1 amide bonds. The number of halogens is 3. The van der Waals surface area contributed by atoms with Crippen LogP contribution in [-0.2, 0) is 11.0 Å². The quantitative estimate of drug-likeness (QED) is 0.663. The maximum Gasteiger partial charge on any atom is 0.416 e. The van der Waals surface area contributed by atoms with Gasteiger partial charge in [-0.25, -0.2) is 0 Å². The molecule has 8 heteroatoms. The zero-order valence-corrected chi connectivity index (χ0v) is 15.9. The number of anilines is 2. The number of carbonyl (C=O) groups excluding carboxylic acids is 1. The van der Waals surface area contributed by atoms with Crippen LogP contribution in [0.25, 0.3) is 0 Å². The van der Waals surface area contributed by atoms with Gasteiger partial charge in [-0.2, -0.15) is 13.2 Å². The lowest BCUT2D eigenvalue weighted by atomic mass is 10.2. The van der Waals surface area contributed by atoms with E-state index >= 15 is 0 Å². The van der Waals surface area contributed by atoms with Gasteiger partial charge in [-0.15, -0.1) is 0 Å². The Morgan fingerprint density at radius 1 is 0.964 bits per heavy atom. The predicted molar refractivity (Wildman–Crippen MR) is 102 cm³/mol. The van der Waals surface area contributed by atoms with Gasteiger partial charge in [0.25, 0.3) is 0 Å². The fraction of sp³-hybridized carbons (Fsp3) is 0.350. The summed E-state index contributed by atoms with van der Waals surface area (Å²) >= 11 is 0. The third-order valence-corrected chi connectivity index (χ3v) is 3.80. The number of carbonyl (C=O) groups is 1. The highest BCUT2D eigenvalue weighted by Gasteiger charge is 2.30. The van der Waals surface area contributed by atoms with Gasteiger partial charge in [0.1, 0.15) is 6.04 Å². The minimum atomic E-state index is -4.41. The maximum atomic E-state index is 12.6. The second-order valence-corrected chi connectivity index (χ2v) is 5.96. The van der Waals surface area contributed by atoms with Crippen LogP contribution >= 0.6 is 0 Å². The topological polar surface area (TPSA) is 59.6 Å². The van der Waals surface area contributed by atoms with Gasteiger partial charge in [0.15, 0.2) is 11.5 Å². The van der Waals surface area contributed by atoms with Gasteiger partial charge in [-0.05, 0) is 57.2 Å². The van der Waals surface area contributed by atoms with E-state index in [4.69, 9.17) is 9.47 Å². The summed E-state index contributed by atoms with van der Waals surface area (Å²) in [4.78, 5) is 12.3. The Kier molecular flexibility index (Phi) is 7.14. The molecular weight excluding hydrogens is 373 g/mol. The van der Waals surface area contributed by atoms with Crippen molar-refractivity contribution in [3.05, 3.63) is 48.0 Å². The molecule has 0 unspecified atom stereocenters. The molecule has 0 bridgehead atoms. The molecule has 2 aromatic rings. The SMILES string of the molecule is CCOc1ccc(N[C@H](C)C(=O)Nc2ccc(C(F)(F)F)cc2)cc1OCC. The lowest BCUT2D eigenvalue weighted by Crippen LogP contribution is -2.31. The van der Waals surface area contributed by atoms with Crippen molar-refractivity contribution >= 4 is 17.3 Å². The summed E-state index contributed by atoms with van der Waals surface area (Å²) in [5.74, 6) is 0.785. The van der Waals surface area contributed by atoms with Crippen LogP contribution in [-0.4, -0.2) is 25.2 Å². The van der Waals surface area contributed by atoms with Crippen LogP contribution in [0.2, 0.25) is 0 Å². The number of nitrogens with one attached hydrogen (secondary N) is 2. The van der Waals surface area contributed by atoms with E-state index in [1.165, 1.54) is 12.1 Å². The fourth-order valence-electron chi connectivity index (χ4n) is 2.45. The molecule has 0 spiro atoms. The second-order valence-electron chi connectivity index (χ2n) is 5.96. The molecule has 0 saturated carbocycles. The van der Waals surface area contributed by atoms with E-state index in [-0.39, 0.29) is 11.6 Å². The Morgan fingerprint density at radius 2 is 1.54 bits per heavy atom. The molecule has 0 fully saturated rings. The van der Waals surface area contributed by atoms with Crippen LogP contribution in [0, 0.1) is 0 Å². The zero-order valence-electron chi connectivity index (χ0n) is 15.9. The van der Waals surface area contributed by atoms with Gasteiger partial charge in [0, 0.05) is 17.4 Å².